The number of hydrogen-bond acceptors (Lipinski definition) is 6. The molecule has 6 heteroatoms. The van der Waals surface area contributed by atoms with Crippen LogP contribution in [0, 0.1) is 0 Å². The molecule has 0 amide bonds. The van der Waals surface area contributed by atoms with Gasteiger partial charge in [-0.1, -0.05) is 323 Å². The highest BCUT2D eigenvalue weighted by molar-refractivity contribution is 5.71. The fourth-order valence-electron chi connectivity index (χ4n) is 10.1. The molecule has 82 heavy (non-hydrogen) atoms. The second-order valence-corrected chi connectivity index (χ2v) is 23.4. The van der Waals surface area contributed by atoms with Crippen LogP contribution in [-0.4, -0.2) is 37.2 Å². The van der Waals surface area contributed by atoms with Crippen LogP contribution in [-0.2, 0) is 28.6 Å². The van der Waals surface area contributed by atoms with Gasteiger partial charge in [-0.25, -0.2) is 0 Å². The highest BCUT2D eigenvalue weighted by Crippen LogP contribution is 2.17. The smallest absolute Gasteiger partial charge is 0.306 e. The summed E-state index contributed by atoms with van der Waals surface area (Å²) >= 11 is 0. The lowest BCUT2D eigenvalue weighted by Crippen LogP contribution is -2.30. The van der Waals surface area contributed by atoms with Crippen LogP contribution in [0.3, 0.4) is 0 Å². The number of ether oxygens (including phenoxy) is 3. The Morgan fingerprint density at radius 2 is 0.476 bits per heavy atom. The van der Waals surface area contributed by atoms with Gasteiger partial charge in [-0.05, 0) is 103 Å². The monoisotopic (exact) mass is 1140 g/mol. The summed E-state index contributed by atoms with van der Waals surface area (Å²) in [6.45, 7) is 6.55. The van der Waals surface area contributed by atoms with Crippen molar-refractivity contribution < 1.29 is 28.6 Å². The van der Waals surface area contributed by atoms with Gasteiger partial charge in [0, 0.05) is 19.3 Å². The minimum atomic E-state index is -0.786. The molecule has 0 saturated carbocycles. The summed E-state index contributed by atoms with van der Waals surface area (Å²) in [5, 5.41) is 0. The summed E-state index contributed by atoms with van der Waals surface area (Å²) in [7, 11) is 0. The highest BCUT2D eigenvalue weighted by atomic mass is 16.6. The molecule has 0 aliphatic heterocycles. The number of rotatable bonds is 64. The van der Waals surface area contributed by atoms with Crippen LogP contribution in [0.4, 0.5) is 0 Å². The van der Waals surface area contributed by atoms with Crippen molar-refractivity contribution in [3.63, 3.8) is 0 Å². The van der Waals surface area contributed by atoms with E-state index in [2.05, 4.69) is 118 Å². The molecule has 0 fully saturated rings. The first-order chi connectivity index (χ1) is 40.5. The number of unbranched alkanes of at least 4 members (excludes halogenated alkanes) is 37. The van der Waals surface area contributed by atoms with Gasteiger partial charge in [-0.2, -0.15) is 0 Å². The van der Waals surface area contributed by atoms with Crippen molar-refractivity contribution in [2.24, 2.45) is 0 Å². The number of carbonyl (C=O) groups is 3. The van der Waals surface area contributed by atoms with E-state index in [-0.39, 0.29) is 31.1 Å². The topological polar surface area (TPSA) is 78.9 Å². The van der Waals surface area contributed by atoms with Crippen molar-refractivity contribution in [3.05, 3.63) is 97.2 Å². The number of hydrogen-bond donors (Lipinski definition) is 0. The predicted octanol–water partition coefficient (Wildman–Crippen LogP) is 24.4. The first-order valence-electron chi connectivity index (χ1n) is 35.2. The molecular formula is C76H132O6. The molecule has 0 radical (unpaired) electrons. The van der Waals surface area contributed by atoms with Crippen LogP contribution in [0.15, 0.2) is 97.2 Å². The maximum atomic E-state index is 13.0. The summed E-state index contributed by atoms with van der Waals surface area (Å²) in [4.78, 5) is 38.5. The van der Waals surface area contributed by atoms with E-state index < -0.39 is 6.10 Å². The van der Waals surface area contributed by atoms with Gasteiger partial charge in [0.15, 0.2) is 6.10 Å². The average molecular weight is 1140 g/mol. The standard InChI is InChI=1S/C76H132O6/c1-4-7-10-13-16-19-22-25-28-31-33-35-37-38-40-41-43-45-48-51-54-57-60-63-66-69-75(78)81-72-73(71-80-74(77)68-65-62-59-56-53-50-47-30-27-24-21-18-15-12-9-6-3)82-76(79)70-67-64-61-58-55-52-49-46-44-42-39-36-34-32-29-26-23-20-17-14-11-8-5-2/h7,10,16,19,23,25-26,28,32-35,38,40,43,45,73H,4-6,8-9,11-15,17-18,20-22,24,27,29-31,36-37,39,41-42,44,46-72H2,1-3H3/b10-7-,19-16-,26-23-,28-25-,34-32-,35-33-,40-38-,45-43-. The van der Waals surface area contributed by atoms with Gasteiger partial charge in [0.25, 0.3) is 0 Å². The molecule has 0 aliphatic carbocycles. The van der Waals surface area contributed by atoms with E-state index >= 15 is 0 Å². The molecular weight excluding hydrogens is 1010 g/mol. The third-order valence-corrected chi connectivity index (χ3v) is 15.3. The van der Waals surface area contributed by atoms with E-state index in [4.69, 9.17) is 14.2 Å². The number of esters is 3. The summed E-state index contributed by atoms with van der Waals surface area (Å²) in [5.74, 6) is -0.879. The quantitative estimate of drug-likeness (QED) is 0.0261. The maximum absolute atomic E-state index is 13.0. The third-order valence-electron chi connectivity index (χ3n) is 15.3. The molecule has 0 heterocycles. The van der Waals surface area contributed by atoms with E-state index in [0.29, 0.717) is 19.3 Å². The highest BCUT2D eigenvalue weighted by Gasteiger charge is 2.19. The molecule has 0 saturated heterocycles. The fraction of sp³-hybridized carbons (Fsp3) is 0.750. The Morgan fingerprint density at radius 1 is 0.256 bits per heavy atom. The Morgan fingerprint density at radius 3 is 0.744 bits per heavy atom. The molecule has 0 N–H and O–H groups in total. The SMILES string of the molecule is CC/C=C\C/C=C\C/C=C\C/C=C\C/C=C\C/C=C\CCCCCCCCC(=O)OCC(COC(=O)CCCCCCCCCCCCCCCCCC)OC(=O)CCCCCCCCCCCCC/C=C\C/C=C\CCCCCCC. The predicted molar refractivity (Wildman–Crippen MR) is 357 cm³/mol. The first kappa shape index (κ1) is 78.3. The molecule has 1 atom stereocenters. The minimum absolute atomic E-state index is 0.0798. The Balaban J connectivity index is 4.38. The fourth-order valence-corrected chi connectivity index (χ4v) is 10.1. The van der Waals surface area contributed by atoms with Crippen molar-refractivity contribution in [3.8, 4) is 0 Å². The Hall–Kier alpha value is -3.67. The first-order valence-corrected chi connectivity index (χ1v) is 35.2. The van der Waals surface area contributed by atoms with Crippen molar-refractivity contribution in [1.82, 2.24) is 0 Å². The number of allylic oxidation sites excluding steroid dienone is 16. The lowest BCUT2D eigenvalue weighted by Gasteiger charge is -2.18. The minimum Gasteiger partial charge on any atom is -0.462 e. The van der Waals surface area contributed by atoms with Crippen molar-refractivity contribution in [2.75, 3.05) is 13.2 Å². The van der Waals surface area contributed by atoms with Gasteiger partial charge < -0.3 is 14.2 Å². The van der Waals surface area contributed by atoms with E-state index in [1.165, 1.54) is 193 Å². The largest absolute Gasteiger partial charge is 0.462 e. The lowest BCUT2D eigenvalue weighted by molar-refractivity contribution is -0.167. The van der Waals surface area contributed by atoms with Crippen LogP contribution in [0.25, 0.3) is 0 Å². The maximum Gasteiger partial charge on any atom is 0.306 e. The second-order valence-electron chi connectivity index (χ2n) is 23.4. The molecule has 0 aromatic carbocycles. The molecule has 6 nitrogen and oxygen atoms in total. The van der Waals surface area contributed by atoms with E-state index in [1.807, 2.05) is 0 Å². The molecule has 0 aromatic rings. The molecule has 0 aliphatic rings. The molecule has 0 rings (SSSR count). The third kappa shape index (κ3) is 67.1. The molecule has 0 spiro atoms. The van der Waals surface area contributed by atoms with Gasteiger partial charge in [0.2, 0.25) is 0 Å². The van der Waals surface area contributed by atoms with Crippen molar-refractivity contribution >= 4 is 17.9 Å². The van der Waals surface area contributed by atoms with Crippen LogP contribution < -0.4 is 0 Å². The molecule has 0 aromatic heterocycles. The van der Waals surface area contributed by atoms with E-state index in [0.717, 1.165) is 116 Å². The number of carbonyl (C=O) groups excluding carboxylic acids is 3. The Kier molecular flexibility index (Phi) is 66.7. The summed E-state index contributed by atoms with van der Waals surface area (Å²) in [5.41, 5.74) is 0. The van der Waals surface area contributed by atoms with Gasteiger partial charge in [-0.15, -0.1) is 0 Å². The van der Waals surface area contributed by atoms with Crippen LogP contribution in [0.5, 0.6) is 0 Å². The lowest BCUT2D eigenvalue weighted by atomic mass is 10.0. The zero-order chi connectivity index (χ0) is 59.2. The van der Waals surface area contributed by atoms with E-state index in [9.17, 15) is 14.4 Å². The zero-order valence-corrected chi connectivity index (χ0v) is 54.2. The van der Waals surface area contributed by atoms with Gasteiger partial charge >= 0.3 is 17.9 Å². The van der Waals surface area contributed by atoms with Gasteiger partial charge in [0.1, 0.15) is 13.2 Å². The summed E-state index contributed by atoms with van der Waals surface area (Å²) in [6, 6.07) is 0. The second kappa shape index (κ2) is 69.8. The molecule has 1 unspecified atom stereocenters. The van der Waals surface area contributed by atoms with Crippen molar-refractivity contribution in [1.29, 1.82) is 0 Å². The Bertz CT molecular complexity index is 1590. The van der Waals surface area contributed by atoms with Crippen LogP contribution in [0.2, 0.25) is 0 Å². The Labute approximate surface area is 508 Å². The van der Waals surface area contributed by atoms with Crippen molar-refractivity contribution in [2.45, 2.75) is 354 Å². The van der Waals surface area contributed by atoms with Gasteiger partial charge in [0.05, 0.1) is 0 Å². The van der Waals surface area contributed by atoms with Gasteiger partial charge in [-0.3, -0.25) is 14.4 Å². The average Bonchev–Trinajstić information content (AvgIpc) is 3.47. The summed E-state index contributed by atoms with van der Waals surface area (Å²) in [6.07, 6.45) is 94.2. The zero-order valence-electron chi connectivity index (χ0n) is 54.2. The van der Waals surface area contributed by atoms with E-state index in [1.54, 1.807) is 0 Å². The summed E-state index contributed by atoms with van der Waals surface area (Å²) < 4.78 is 17.0. The molecule has 472 valence electrons. The normalized spacial score (nSPS) is 12.7. The van der Waals surface area contributed by atoms with Crippen LogP contribution in [0.1, 0.15) is 348 Å². The van der Waals surface area contributed by atoms with Crippen LogP contribution >= 0.6 is 0 Å². The molecule has 0 bridgehead atoms.